The highest BCUT2D eigenvalue weighted by molar-refractivity contribution is 5.96. The Labute approximate surface area is 226 Å². The number of nitrogens with zero attached hydrogens (tertiary/aromatic N) is 7. The van der Waals surface area contributed by atoms with Crippen LogP contribution in [0.15, 0.2) is 36.7 Å². The molecule has 3 aromatic heterocycles. The molecule has 8 nitrogen and oxygen atoms in total. The summed E-state index contributed by atoms with van der Waals surface area (Å²) in [4.78, 5) is 27.1. The van der Waals surface area contributed by atoms with Gasteiger partial charge in [-0.3, -0.25) is 9.48 Å². The van der Waals surface area contributed by atoms with Crippen LogP contribution in [0.5, 0.6) is 0 Å². The number of carbonyl (C=O) groups is 1. The highest BCUT2D eigenvalue weighted by Gasteiger charge is 2.36. The zero-order valence-corrected chi connectivity index (χ0v) is 22.7. The van der Waals surface area contributed by atoms with Crippen molar-refractivity contribution in [3.8, 4) is 22.5 Å². The van der Waals surface area contributed by atoms with Gasteiger partial charge in [0.25, 0.3) is 6.43 Å². The lowest BCUT2D eigenvalue weighted by Gasteiger charge is -2.34. The second kappa shape index (κ2) is 9.82. The smallest absolute Gasteiger partial charge is 0.265 e. The average molecular weight is 534 g/mol. The van der Waals surface area contributed by atoms with E-state index in [1.54, 1.807) is 42.1 Å². The Morgan fingerprint density at radius 1 is 1.10 bits per heavy atom. The fourth-order valence-electron chi connectivity index (χ4n) is 6.17. The van der Waals surface area contributed by atoms with Crippen molar-refractivity contribution in [3.05, 3.63) is 53.7 Å². The van der Waals surface area contributed by atoms with Gasteiger partial charge >= 0.3 is 0 Å². The molecule has 4 aromatic rings. The number of piperidine rings is 1. The molecule has 0 radical (unpaired) electrons. The van der Waals surface area contributed by atoms with Crippen molar-refractivity contribution < 1.29 is 13.6 Å². The lowest BCUT2D eigenvalue weighted by molar-refractivity contribution is -0.135. The van der Waals surface area contributed by atoms with Crippen molar-refractivity contribution >= 4 is 16.8 Å². The molecule has 1 aromatic carbocycles. The number of rotatable bonds is 5. The van der Waals surface area contributed by atoms with Crippen molar-refractivity contribution in [3.63, 3.8) is 0 Å². The lowest BCUT2D eigenvalue weighted by Crippen LogP contribution is -2.40. The molecule has 1 saturated heterocycles. The van der Waals surface area contributed by atoms with Gasteiger partial charge in [-0.05, 0) is 51.5 Å². The molecule has 0 saturated carbocycles. The van der Waals surface area contributed by atoms with Crippen molar-refractivity contribution in [1.29, 1.82) is 0 Å². The number of imidazole rings is 1. The SMILES string of the molecule is CCN1CCC(c2nc(-c3cccc4nc(-c5cnn(C)c5)c(C(F)F)cc34)c3n2[C@H](C)C(=O)N(C)C3)CC1. The van der Waals surface area contributed by atoms with Gasteiger partial charge in [0.05, 0.1) is 35.3 Å². The number of fused-ring (bicyclic) bond motifs is 2. The van der Waals surface area contributed by atoms with E-state index >= 15 is 0 Å². The normalized spacial score (nSPS) is 18.9. The molecule has 0 spiro atoms. The lowest BCUT2D eigenvalue weighted by atomic mass is 9.95. The summed E-state index contributed by atoms with van der Waals surface area (Å²) in [5, 5.41) is 4.77. The molecule has 2 aliphatic rings. The molecule has 39 heavy (non-hydrogen) atoms. The van der Waals surface area contributed by atoms with E-state index in [2.05, 4.69) is 21.5 Å². The van der Waals surface area contributed by atoms with E-state index in [9.17, 15) is 13.6 Å². The van der Waals surface area contributed by atoms with E-state index in [-0.39, 0.29) is 29.1 Å². The molecule has 1 atom stereocenters. The topological polar surface area (TPSA) is 72.1 Å². The van der Waals surface area contributed by atoms with Crippen LogP contribution in [0.2, 0.25) is 0 Å². The molecule has 6 rings (SSSR count). The number of aromatic nitrogens is 5. The molecular formula is C29H33F2N7O. The summed E-state index contributed by atoms with van der Waals surface area (Å²) in [6.07, 6.45) is 2.49. The molecule has 0 aliphatic carbocycles. The van der Waals surface area contributed by atoms with Gasteiger partial charge in [0.2, 0.25) is 5.91 Å². The van der Waals surface area contributed by atoms with E-state index in [0.29, 0.717) is 23.0 Å². The minimum Gasteiger partial charge on any atom is -0.338 e. The van der Waals surface area contributed by atoms with Crippen LogP contribution in [0.3, 0.4) is 0 Å². The van der Waals surface area contributed by atoms with Gasteiger partial charge in [-0.1, -0.05) is 19.1 Å². The van der Waals surface area contributed by atoms with Gasteiger partial charge in [0.1, 0.15) is 11.9 Å². The number of likely N-dealkylation sites (tertiary alicyclic amines) is 1. The van der Waals surface area contributed by atoms with Gasteiger partial charge in [0, 0.05) is 48.3 Å². The van der Waals surface area contributed by atoms with Crippen LogP contribution < -0.4 is 0 Å². The number of hydrogen-bond donors (Lipinski definition) is 0. The van der Waals surface area contributed by atoms with E-state index in [0.717, 1.165) is 55.3 Å². The Balaban J connectivity index is 1.54. The number of aryl methyl sites for hydroxylation is 1. The van der Waals surface area contributed by atoms with Gasteiger partial charge in [-0.2, -0.15) is 5.10 Å². The average Bonchev–Trinajstić information content (AvgIpc) is 3.54. The van der Waals surface area contributed by atoms with Gasteiger partial charge in [-0.15, -0.1) is 0 Å². The number of carbonyl (C=O) groups excluding carboxylic acids is 1. The molecule has 0 unspecified atom stereocenters. The minimum atomic E-state index is -2.70. The Morgan fingerprint density at radius 3 is 2.54 bits per heavy atom. The van der Waals surface area contributed by atoms with Crippen LogP contribution >= 0.6 is 0 Å². The van der Waals surface area contributed by atoms with Crippen molar-refractivity contribution in [2.24, 2.45) is 7.05 Å². The minimum absolute atomic E-state index is 0.0550. The number of hydrogen-bond acceptors (Lipinski definition) is 5. The predicted molar refractivity (Wildman–Crippen MR) is 145 cm³/mol. The first-order valence-corrected chi connectivity index (χ1v) is 13.6. The molecule has 0 bridgehead atoms. The summed E-state index contributed by atoms with van der Waals surface area (Å²) < 4.78 is 32.4. The van der Waals surface area contributed by atoms with Crippen molar-refractivity contribution in [1.82, 2.24) is 34.1 Å². The maximum absolute atomic E-state index is 14.4. The molecule has 10 heteroatoms. The third-order valence-corrected chi connectivity index (χ3v) is 8.30. The zero-order chi connectivity index (χ0) is 27.4. The highest BCUT2D eigenvalue weighted by atomic mass is 19.3. The van der Waals surface area contributed by atoms with Gasteiger partial charge in [0.15, 0.2) is 0 Å². The van der Waals surface area contributed by atoms with Crippen molar-refractivity contribution in [2.75, 3.05) is 26.7 Å². The summed E-state index contributed by atoms with van der Waals surface area (Å²) in [7, 11) is 3.55. The number of halogens is 2. The molecule has 1 fully saturated rings. The second-order valence-electron chi connectivity index (χ2n) is 10.7. The summed E-state index contributed by atoms with van der Waals surface area (Å²) in [5.74, 6) is 1.22. The third-order valence-electron chi connectivity index (χ3n) is 8.30. The molecule has 204 valence electrons. The van der Waals surface area contributed by atoms with Crippen molar-refractivity contribution in [2.45, 2.75) is 51.6 Å². The number of likely N-dealkylation sites (N-methyl/N-ethyl adjacent to an activating group) is 1. The monoisotopic (exact) mass is 533 g/mol. The Bertz CT molecular complexity index is 1550. The quantitative estimate of drug-likeness (QED) is 0.354. The van der Waals surface area contributed by atoms with Crippen LogP contribution in [0.25, 0.3) is 33.4 Å². The second-order valence-corrected chi connectivity index (χ2v) is 10.7. The number of pyridine rings is 1. The molecule has 5 heterocycles. The van der Waals surface area contributed by atoms with E-state index in [1.165, 1.54) is 0 Å². The molecular weight excluding hydrogens is 500 g/mol. The van der Waals surface area contributed by atoms with Gasteiger partial charge < -0.3 is 14.4 Å². The first kappa shape index (κ1) is 25.6. The van der Waals surface area contributed by atoms with Crippen LogP contribution in [0.1, 0.15) is 62.2 Å². The maximum atomic E-state index is 14.4. The summed E-state index contributed by atoms with van der Waals surface area (Å²) in [6, 6.07) is 6.84. The molecule has 0 N–H and O–H groups in total. The van der Waals surface area contributed by atoms with Crippen LogP contribution in [-0.4, -0.2) is 66.7 Å². The maximum Gasteiger partial charge on any atom is 0.265 e. The number of alkyl halides is 2. The fraction of sp³-hybridized carbons (Fsp3) is 0.448. The zero-order valence-electron chi connectivity index (χ0n) is 22.7. The molecule has 2 aliphatic heterocycles. The van der Waals surface area contributed by atoms with Crippen LogP contribution in [0.4, 0.5) is 8.78 Å². The Kier molecular flexibility index (Phi) is 6.45. The van der Waals surface area contributed by atoms with Crippen LogP contribution in [-0.2, 0) is 18.4 Å². The predicted octanol–water partition coefficient (Wildman–Crippen LogP) is 5.17. The third kappa shape index (κ3) is 4.30. The van der Waals surface area contributed by atoms with E-state index in [1.807, 2.05) is 25.1 Å². The summed E-state index contributed by atoms with van der Waals surface area (Å²) in [5.41, 5.74) is 3.71. The number of benzene rings is 1. The van der Waals surface area contributed by atoms with E-state index in [4.69, 9.17) is 9.97 Å². The first-order valence-electron chi connectivity index (χ1n) is 13.6. The van der Waals surface area contributed by atoms with Crippen LogP contribution in [0, 0.1) is 0 Å². The Morgan fingerprint density at radius 2 is 1.87 bits per heavy atom. The molecule has 1 amide bonds. The number of amides is 1. The highest BCUT2D eigenvalue weighted by Crippen LogP contribution is 2.41. The Hall–Kier alpha value is -3.66. The first-order chi connectivity index (χ1) is 18.8. The standard InChI is InChI=1S/C29H33F2N7O/c1-5-37-11-9-18(10-12-37)28-34-26(24-16-35(3)29(39)17(2)38(24)28)20-7-6-8-23-21(20)13-22(27(30)31)25(33-23)19-14-32-36(4)15-19/h6-8,13-15,17-18,27H,5,9-12,16H2,1-4H3/t17-/m1/s1. The summed E-state index contributed by atoms with van der Waals surface area (Å²) >= 11 is 0. The van der Waals surface area contributed by atoms with E-state index < -0.39 is 6.43 Å². The fourth-order valence-corrected chi connectivity index (χ4v) is 6.17. The summed E-state index contributed by atoms with van der Waals surface area (Å²) in [6.45, 7) is 7.53. The largest absolute Gasteiger partial charge is 0.338 e. The van der Waals surface area contributed by atoms with Gasteiger partial charge in [-0.25, -0.2) is 18.7 Å².